The maximum absolute atomic E-state index is 12.9. The topological polar surface area (TPSA) is 56.1 Å². The predicted octanol–water partition coefficient (Wildman–Crippen LogP) is 3.10. The van der Waals surface area contributed by atoms with E-state index in [0.29, 0.717) is 11.4 Å². The molecule has 1 aromatic carbocycles. The van der Waals surface area contributed by atoms with Gasteiger partial charge in [0.15, 0.2) is 5.69 Å². The molecular formula is C17H18F3N3O2. The highest BCUT2D eigenvalue weighted by Gasteiger charge is 2.38. The summed E-state index contributed by atoms with van der Waals surface area (Å²) in [5, 5.41) is 6.27. The molecule has 25 heavy (non-hydrogen) atoms. The monoisotopic (exact) mass is 353 g/mol. The van der Waals surface area contributed by atoms with Gasteiger partial charge in [0, 0.05) is 23.7 Å². The number of hydrogen-bond acceptors (Lipinski definition) is 3. The van der Waals surface area contributed by atoms with E-state index >= 15 is 0 Å². The van der Waals surface area contributed by atoms with Crippen LogP contribution in [0.15, 0.2) is 30.3 Å². The van der Waals surface area contributed by atoms with E-state index in [1.54, 1.807) is 6.07 Å². The van der Waals surface area contributed by atoms with Gasteiger partial charge in [-0.2, -0.15) is 18.3 Å². The Labute approximate surface area is 142 Å². The second-order valence-electron chi connectivity index (χ2n) is 5.97. The lowest BCUT2D eigenvalue weighted by Crippen LogP contribution is -2.28. The maximum atomic E-state index is 12.9. The Morgan fingerprint density at radius 3 is 2.72 bits per heavy atom. The third-order valence-electron chi connectivity index (χ3n) is 4.06. The second kappa shape index (κ2) is 6.78. The van der Waals surface area contributed by atoms with Crippen LogP contribution in [0.25, 0.3) is 0 Å². The van der Waals surface area contributed by atoms with E-state index in [1.807, 2.05) is 18.2 Å². The van der Waals surface area contributed by atoms with Gasteiger partial charge >= 0.3 is 6.18 Å². The number of benzene rings is 1. The van der Waals surface area contributed by atoms with E-state index in [2.05, 4.69) is 10.4 Å². The number of hydrogen-bond donors (Lipinski definition) is 1. The fraction of sp³-hybridized carbons (Fsp3) is 0.412. The van der Waals surface area contributed by atoms with Crippen LogP contribution in [0.3, 0.4) is 0 Å². The molecule has 0 spiro atoms. The van der Waals surface area contributed by atoms with Crippen molar-refractivity contribution in [3.8, 4) is 5.75 Å². The largest absolute Gasteiger partial charge is 0.496 e. The average Bonchev–Trinajstić information content (AvgIpc) is 3.32. The molecule has 0 atom stereocenters. The smallest absolute Gasteiger partial charge is 0.435 e. The molecule has 1 fully saturated rings. The number of carbonyl (C=O) groups is 1. The van der Waals surface area contributed by atoms with Crippen molar-refractivity contribution in [3.63, 3.8) is 0 Å². The number of alkyl halides is 3. The molecule has 1 saturated carbocycles. The molecule has 1 aliphatic carbocycles. The summed E-state index contributed by atoms with van der Waals surface area (Å²) in [5.41, 5.74) is 0.309. The van der Waals surface area contributed by atoms with Crippen molar-refractivity contribution in [1.82, 2.24) is 15.1 Å². The highest BCUT2D eigenvalue weighted by molar-refractivity contribution is 5.75. The lowest BCUT2D eigenvalue weighted by molar-refractivity contribution is -0.141. The molecular weight excluding hydrogens is 335 g/mol. The third kappa shape index (κ3) is 4.12. The number of carbonyl (C=O) groups excluding carboxylic acids is 1. The summed E-state index contributed by atoms with van der Waals surface area (Å²) in [6.45, 7) is -0.00787. The highest BCUT2D eigenvalue weighted by Crippen LogP contribution is 2.42. The van der Waals surface area contributed by atoms with E-state index in [0.717, 1.165) is 29.2 Å². The van der Waals surface area contributed by atoms with Crippen molar-refractivity contribution in [3.05, 3.63) is 47.3 Å². The Kier molecular flexibility index (Phi) is 4.69. The van der Waals surface area contributed by atoms with Crippen molar-refractivity contribution in [2.75, 3.05) is 7.11 Å². The molecule has 134 valence electrons. The molecule has 1 amide bonds. The van der Waals surface area contributed by atoms with Crippen LogP contribution in [0.4, 0.5) is 13.2 Å². The van der Waals surface area contributed by atoms with Gasteiger partial charge in [0.1, 0.15) is 12.3 Å². The van der Waals surface area contributed by atoms with Gasteiger partial charge in [0.2, 0.25) is 5.91 Å². The first-order chi connectivity index (χ1) is 11.9. The highest BCUT2D eigenvalue weighted by atomic mass is 19.4. The van der Waals surface area contributed by atoms with Crippen LogP contribution in [0.1, 0.15) is 35.7 Å². The molecule has 5 nitrogen and oxygen atoms in total. The van der Waals surface area contributed by atoms with Gasteiger partial charge in [-0.3, -0.25) is 9.48 Å². The number of methoxy groups -OCH3 is 1. The van der Waals surface area contributed by atoms with Crippen molar-refractivity contribution in [2.45, 2.75) is 38.0 Å². The van der Waals surface area contributed by atoms with E-state index in [9.17, 15) is 18.0 Å². The molecule has 3 rings (SSSR count). The summed E-state index contributed by atoms with van der Waals surface area (Å²) in [6, 6.07) is 8.26. The number of para-hydroxylation sites is 1. The molecule has 0 bridgehead atoms. The number of rotatable bonds is 6. The first kappa shape index (κ1) is 17.3. The van der Waals surface area contributed by atoms with E-state index in [4.69, 9.17) is 4.74 Å². The van der Waals surface area contributed by atoms with Crippen LogP contribution in [0.5, 0.6) is 5.75 Å². The minimum Gasteiger partial charge on any atom is -0.496 e. The lowest BCUT2D eigenvalue weighted by atomic mass is 10.2. The minimum absolute atomic E-state index is 0.0608. The molecule has 1 heterocycles. The number of ether oxygens (including phenoxy) is 1. The van der Waals surface area contributed by atoms with Gasteiger partial charge < -0.3 is 10.1 Å². The Morgan fingerprint density at radius 1 is 1.36 bits per heavy atom. The van der Waals surface area contributed by atoms with E-state index in [-0.39, 0.29) is 19.0 Å². The van der Waals surface area contributed by atoms with E-state index in [1.165, 1.54) is 7.11 Å². The van der Waals surface area contributed by atoms with Gasteiger partial charge in [0.25, 0.3) is 0 Å². The Balaban J connectivity index is 1.67. The van der Waals surface area contributed by atoms with Crippen molar-refractivity contribution >= 4 is 5.91 Å². The third-order valence-corrected chi connectivity index (χ3v) is 4.06. The van der Waals surface area contributed by atoms with Crippen LogP contribution < -0.4 is 10.1 Å². The number of nitrogens with one attached hydrogen (secondary N) is 1. The summed E-state index contributed by atoms with van der Waals surface area (Å²) in [7, 11) is 1.53. The lowest BCUT2D eigenvalue weighted by Gasteiger charge is -2.10. The van der Waals surface area contributed by atoms with Crippen molar-refractivity contribution in [1.29, 1.82) is 0 Å². The molecule has 1 aromatic heterocycles. The normalized spacial score (nSPS) is 14.4. The number of amides is 1. The fourth-order valence-electron chi connectivity index (χ4n) is 2.64. The number of aromatic nitrogens is 2. The molecule has 1 N–H and O–H groups in total. The summed E-state index contributed by atoms with van der Waals surface area (Å²) in [4.78, 5) is 12.1. The maximum Gasteiger partial charge on any atom is 0.435 e. The summed E-state index contributed by atoms with van der Waals surface area (Å²) in [5.74, 6) is 0.301. The first-order valence-corrected chi connectivity index (χ1v) is 7.92. The zero-order chi connectivity index (χ0) is 18.0. The summed E-state index contributed by atoms with van der Waals surface area (Å²) in [6.07, 6.45) is -2.86. The zero-order valence-electron chi connectivity index (χ0n) is 13.6. The molecule has 1 aliphatic rings. The van der Waals surface area contributed by atoms with Crippen LogP contribution in [-0.2, 0) is 24.1 Å². The first-order valence-electron chi connectivity index (χ1n) is 7.92. The molecule has 0 radical (unpaired) electrons. The van der Waals surface area contributed by atoms with Gasteiger partial charge in [-0.1, -0.05) is 18.2 Å². The Bertz CT molecular complexity index is 767. The molecule has 2 aromatic rings. The van der Waals surface area contributed by atoms with E-state index < -0.39 is 17.8 Å². The van der Waals surface area contributed by atoms with Gasteiger partial charge in [-0.15, -0.1) is 0 Å². The summed E-state index contributed by atoms with van der Waals surface area (Å²) < 4.78 is 45.0. The Hall–Kier alpha value is -2.51. The number of nitrogens with zero attached hydrogens (tertiary/aromatic N) is 2. The van der Waals surface area contributed by atoms with Gasteiger partial charge in [-0.25, -0.2) is 0 Å². The molecule has 0 saturated heterocycles. The van der Waals surface area contributed by atoms with Crippen molar-refractivity contribution in [2.24, 2.45) is 0 Å². The predicted molar refractivity (Wildman–Crippen MR) is 84.0 cm³/mol. The minimum atomic E-state index is -4.51. The van der Waals surface area contributed by atoms with Gasteiger partial charge in [-0.05, 0) is 25.0 Å². The van der Waals surface area contributed by atoms with Crippen LogP contribution in [-0.4, -0.2) is 22.8 Å². The number of halogens is 3. The van der Waals surface area contributed by atoms with Crippen LogP contribution >= 0.6 is 0 Å². The van der Waals surface area contributed by atoms with Crippen LogP contribution in [0, 0.1) is 0 Å². The van der Waals surface area contributed by atoms with Crippen LogP contribution in [0.2, 0.25) is 0 Å². The summed E-state index contributed by atoms with van der Waals surface area (Å²) >= 11 is 0. The molecule has 8 heteroatoms. The van der Waals surface area contributed by atoms with Gasteiger partial charge in [0.05, 0.1) is 7.11 Å². The molecule has 0 aliphatic heterocycles. The second-order valence-corrected chi connectivity index (χ2v) is 5.97. The molecule has 0 unspecified atom stereocenters. The quantitative estimate of drug-likeness (QED) is 0.868. The zero-order valence-corrected chi connectivity index (χ0v) is 13.6. The fourth-order valence-corrected chi connectivity index (χ4v) is 2.64. The van der Waals surface area contributed by atoms with Crippen molar-refractivity contribution < 1.29 is 22.7 Å². The standard InChI is InChI=1S/C17H18F3N3O2/c1-25-14-5-3-2-4-12(14)9-21-16(24)10-23-13(11-6-7-11)8-15(22-23)17(18,19)20/h2-5,8,11H,6-7,9-10H2,1H3,(H,21,24). The Morgan fingerprint density at radius 2 is 2.08 bits per heavy atom. The average molecular weight is 353 g/mol. The SMILES string of the molecule is COc1ccccc1CNC(=O)Cn1nc(C(F)(F)F)cc1C1CC1.